The molecule has 0 saturated heterocycles. The molecule has 0 aromatic heterocycles. The summed E-state index contributed by atoms with van der Waals surface area (Å²) >= 11 is 0. The van der Waals surface area contributed by atoms with Gasteiger partial charge in [-0.15, -0.1) is 0 Å². The Morgan fingerprint density at radius 3 is 2.67 bits per heavy atom. The number of rotatable bonds is 5. The summed E-state index contributed by atoms with van der Waals surface area (Å²) in [6.45, 7) is 1.22. The van der Waals surface area contributed by atoms with E-state index in [1.165, 1.54) is 32.2 Å². The first kappa shape index (κ1) is 14.0. The summed E-state index contributed by atoms with van der Waals surface area (Å²) in [6.07, 6.45) is -0.0458. The van der Waals surface area contributed by atoms with Gasteiger partial charge in [0.15, 0.2) is 0 Å². The van der Waals surface area contributed by atoms with E-state index < -0.39 is 23.7 Å². The van der Waals surface area contributed by atoms with Crippen molar-refractivity contribution in [1.82, 2.24) is 5.32 Å². The molecule has 0 saturated carbocycles. The van der Waals surface area contributed by atoms with Crippen molar-refractivity contribution in [3.8, 4) is 5.75 Å². The average molecular weight is 255 g/mol. The number of carboxylic acids is 1. The van der Waals surface area contributed by atoms with Gasteiger partial charge in [-0.05, 0) is 23.8 Å². The Bertz CT molecular complexity index is 461. The number of carboxylic acid groups (broad SMARTS) is 1. The van der Waals surface area contributed by atoms with Crippen LogP contribution in [0.15, 0.2) is 18.2 Å². The lowest BCUT2D eigenvalue weighted by Crippen LogP contribution is -2.41. The molecule has 0 heterocycles. The Labute approximate surface area is 104 Å². The minimum absolute atomic E-state index is 0.0458. The molecule has 5 nitrogen and oxygen atoms in total. The zero-order valence-electron chi connectivity index (χ0n) is 10.1. The van der Waals surface area contributed by atoms with E-state index in [1.807, 2.05) is 0 Å². The third-order valence-corrected chi connectivity index (χ3v) is 2.34. The van der Waals surface area contributed by atoms with Crippen LogP contribution in [-0.2, 0) is 16.0 Å². The van der Waals surface area contributed by atoms with Crippen molar-refractivity contribution in [2.75, 3.05) is 7.11 Å². The number of halogens is 1. The molecule has 0 radical (unpaired) electrons. The van der Waals surface area contributed by atoms with E-state index in [0.717, 1.165) is 0 Å². The van der Waals surface area contributed by atoms with Gasteiger partial charge >= 0.3 is 5.97 Å². The second-order valence-electron chi connectivity index (χ2n) is 3.75. The van der Waals surface area contributed by atoms with Gasteiger partial charge in [0.1, 0.15) is 17.6 Å². The number of ether oxygens (including phenoxy) is 1. The molecule has 0 aliphatic heterocycles. The molecule has 18 heavy (non-hydrogen) atoms. The number of aliphatic carboxylic acids is 1. The Morgan fingerprint density at radius 1 is 1.50 bits per heavy atom. The van der Waals surface area contributed by atoms with Gasteiger partial charge in [0.2, 0.25) is 5.91 Å². The average Bonchev–Trinajstić information content (AvgIpc) is 2.27. The van der Waals surface area contributed by atoms with Crippen LogP contribution < -0.4 is 10.1 Å². The van der Waals surface area contributed by atoms with Gasteiger partial charge in [0, 0.05) is 13.3 Å². The highest BCUT2D eigenvalue weighted by Gasteiger charge is 2.20. The topological polar surface area (TPSA) is 75.6 Å². The van der Waals surface area contributed by atoms with Crippen molar-refractivity contribution in [2.24, 2.45) is 0 Å². The van der Waals surface area contributed by atoms with Crippen LogP contribution in [0.5, 0.6) is 5.75 Å². The first-order valence-electron chi connectivity index (χ1n) is 5.26. The molecule has 1 rings (SSSR count). The Balaban J connectivity index is 2.95. The number of hydrogen-bond acceptors (Lipinski definition) is 3. The molecule has 0 aliphatic carbocycles. The number of carbonyl (C=O) groups excluding carboxylic acids is 1. The smallest absolute Gasteiger partial charge is 0.326 e. The summed E-state index contributed by atoms with van der Waals surface area (Å²) in [7, 11) is 1.41. The van der Waals surface area contributed by atoms with Crippen LogP contribution >= 0.6 is 0 Å². The second-order valence-corrected chi connectivity index (χ2v) is 3.75. The summed E-state index contributed by atoms with van der Waals surface area (Å²) in [5, 5.41) is 11.2. The van der Waals surface area contributed by atoms with Gasteiger partial charge in [-0.25, -0.2) is 9.18 Å². The lowest BCUT2D eigenvalue weighted by Gasteiger charge is -2.15. The molecular formula is C12H14FNO4. The number of amides is 1. The molecule has 0 bridgehead atoms. The zero-order chi connectivity index (χ0) is 13.7. The number of carbonyl (C=O) groups is 2. The first-order chi connectivity index (χ1) is 8.43. The van der Waals surface area contributed by atoms with Gasteiger partial charge in [0.05, 0.1) is 7.11 Å². The molecule has 0 spiro atoms. The number of benzene rings is 1. The minimum atomic E-state index is -1.18. The molecule has 2 N–H and O–H groups in total. The van der Waals surface area contributed by atoms with E-state index in [-0.39, 0.29) is 6.42 Å². The van der Waals surface area contributed by atoms with Crippen molar-refractivity contribution in [3.05, 3.63) is 29.6 Å². The third kappa shape index (κ3) is 3.73. The van der Waals surface area contributed by atoms with Crippen LogP contribution in [0.4, 0.5) is 4.39 Å². The molecule has 0 aliphatic rings. The van der Waals surface area contributed by atoms with Crippen molar-refractivity contribution >= 4 is 11.9 Å². The van der Waals surface area contributed by atoms with E-state index in [1.54, 1.807) is 0 Å². The molecule has 0 fully saturated rings. The Morgan fingerprint density at radius 2 is 2.17 bits per heavy atom. The van der Waals surface area contributed by atoms with Crippen molar-refractivity contribution in [3.63, 3.8) is 0 Å². The van der Waals surface area contributed by atoms with Gasteiger partial charge in [-0.2, -0.15) is 0 Å². The quantitative estimate of drug-likeness (QED) is 0.822. The molecule has 6 heteroatoms. The summed E-state index contributed by atoms with van der Waals surface area (Å²) in [5.41, 5.74) is 0.388. The van der Waals surface area contributed by atoms with Crippen molar-refractivity contribution in [1.29, 1.82) is 0 Å². The predicted octanol–water partition coefficient (Wildman–Crippen LogP) is 0.966. The summed E-state index contributed by atoms with van der Waals surface area (Å²) in [5.74, 6) is -1.75. The molecule has 1 aromatic carbocycles. The normalized spacial score (nSPS) is 11.7. The predicted molar refractivity (Wildman–Crippen MR) is 61.9 cm³/mol. The molecule has 1 atom stereocenters. The minimum Gasteiger partial charge on any atom is -0.496 e. The second kappa shape index (κ2) is 6.00. The Hall–Kier alpha value is -2.11. The zero-order valence-corrected chi connectivity index (χ0v) is 10.1. The standard InChI is InChI=1S/C12H14FNO4/c1-7(15)14-10(12(16)17)6-8-5-9(13)3-4-11(8)18-2/h3-5,10H,6H2,1-2H3,(H,14,15)(H,16,17). The highest BCUT2D eigenvalue weighted by atomic mass is 19.1. The maximum absolute atomic E-state index is 13.1. The van der Waals surface area contributed by atoms with Crippen LogP contribution in [0, 0.1) is 5.82 Å². The summed E-state index contributed by atoms with van der Waals surface area (Å²) in [4.78, 5) is 21.9. The SMILES string of the molecule is COc1ccc(F)cc1CC(NC(C)=O)C(=O)O. The number of nitrogens with one attached hydrogen (secondary N) is 1. The van der Waals surface area contributed by atoms with E-state index in [0.29, 0.717) is 11.3 Å². The fourth-order valence-corrected chi connectivity index (χ4v) is 1.57. The van der Waals surface area contributed by atoms with Gasteiger partial charge < -0.3 is 15.2 Å². The molecule has 1 unspecified atom stereocenters. The largest absolute Gasteiger partial charge is 0.496 e. The van der Waals surface area contributed by atoms with Gasteiger partial charge in [-0.1, -0.05) is 0 Å². The van der Waals surface area contributed by atoms with Crippen LogP contribution in [0.3, 0.4) is 0 Å². The van der Waals surface area contributed by atoms with E-state index >= 15 is 0 Å². The van der Waals surface area contributed by atoms with E-state index in [4.69, 9.17) is 9.84 Å². The first-order valence-corrected chi connectivity index (χ1v) is 5.26. The van der Waals surface area contributed by atoms with E-state index in [2.05, 4.69) is 5.32 Å². The van der Waals surface area contributed by atoms with Crippen molar-refractivity contribution < 1.29 is 23.8 Å². The summed E-state index contributed by atoms with van der Waals surface area (Å²) in [6, 6.07) is 2.71. The van der Waals surface area contributed by atoms with E-state index in [9.17, 15) is 14.0 Å². The third-order valence-electron chi connectivity index (χ3n) is 2.34. The lowest BCUT2D eigenvalue weighted by atomic mass is 10.0. The van der Waals surface area contributed by atoms with Gasteiger partial charge in [-0.3, -0.25) is 4.79 Å². The number of methoxy groups -OCH3 is 1. The van der Waals surface area contributed by atoms with Crippen LogP contribution in [0.2, 0.25) is 0 Å². The maximum Gasteiger partial charge on any atom is 0.326 e. The summed E-state index contributed by atoms with van der Waals surface area (Å²) < 4.78 is 18.1. The van der Waals surface area contributed by atoms with Crippen LogP contribution in [0.1, 0.15) is 12.5 Å². The maximum atomic E-state index is 13.1. The fourth-order valence-electron chi connectivity index (χ4n) is 1.57. The molecule has 1 amide bonds. The molecule has 1 aromatic rings. The number of hydrogen-bond donors (Lipinski definition) is 2. The van der Waals surface area contributed by atoms with Gasteiger partial charge in [0.25, 0.3) is 0 Å². The molecule has 98 valence electrons. The molecular weight excluding hydrogens is 241 g/mol. The Kier molecular flexibility index (Phi) is 4.65. The fraction of sp³-hybridized carbons (Fsp3) is 0.333. The monoisotopic (exact) mass is 255 g/mol. The van der Waals surface area contributed by atoms with Crippen LogP contribution in [0.25, 0.3) is 0 Å². The van der Waals surface area contributed by atoms with Crippen LogP contribution in [-0.4, -0.2) is 30.1 Å². The lowest BCUT2D eigenvalue weighted by molar-refractivity contribution is -0.141. The van der Waals surface area contributed by atoms with Crippen molar-refractivity contribution in [2.45, 2.75) is 19.4 Å². The highest BCUT2D eigenvalue weighted by molar-refractivity contribution is 5.82. The highest BCUT2D eigenvalue weighted by Crippen LogP contribution is 2.20.